The van der Waals surface area contributed by atoms with Gasteiger partial charge < -0.3 is 4.74 Å². The highest BCUT2D eigenvalue weighted by Crippen LogP contribution is 2.34. The zero-order valence-corrected chi connectivity index (χ0v) is 18.6. The van der Waals surface area contributed by atoms with Crippen molar-refractivity contribution < 1.29 is 14.3 Å². The standard InChI is InChI=1S/C23H18ClN3O3S/c1-13-7-6-8-14(2)20(13)27(15(3)28)23-25-16(12-31-23)11-19-22(29)30-21(26-19)17-9-4-5-10-18(17)24/h4-12H,1-3H3. The second-order valence-corrected chi connectivity index (χ2v) is 8.21. The Bertz CT molecular complexity index is 1240. The highest BCUT2D eigenvalue weighted by Gasteiger charge is 2.26. The van der Waals surface area contributed by atoms with Crippen LogP contribution in [0, 0.1) is 13.8 Å². The monoisotopic (exact) mass is 451 g/mol. The van der Waals surface area contributed by atoms with E-state index in [1.807, 2.05) is 32.0 Å². The molecule has 156 valence electrons. The zero-order valence-electron chi connectivity index (χ0n) is 17.0. The van der Waals surface area contributed by atoms with Crippen molar-refractivity contribution in [3.8, 4) is 0 Å². The lowest BCUT2D eigenvalue weighted by Crippen LogP contribution is -2.24. The molecule has 3 aromatic rings. The van der Waals surface area contributed by atoms with E-state index in [4.69, 9.17) is 16.3 Å². The number of benzene rings is 2. The van der Waals surface area contributed by atoms with Gasteiger partial charge in [-0.2, -0.15) is 0 Å². The van der Waals surface area contributed by atoms with Crippen LogP contribution in [0.3, 0.4) is 0 Å². The van der Waals surface area contributed by atoms with Gasteiger partial charge in [-0.1, -0.05) is 41.9 Å². The van der Waals surface area contributed by atoms with E-state index >= 15 is 0 Å². The van der Waals surface area contributed by atoms with E-state index < -0.39 is 5.97 Å². The number of cyclic esters (lactones) is 1. The second-order valence-electron chi connectivity index (χ2n) is 6.97. The second kappa shape index (κ2) is 8.45. The molecule has 0 radical (unpaired) electrons. The van der Waals surface area contributed by atoms with Crippen LogP contribution in [0.4, 0.5) is 10.8 Å². The van der Waals surface area contributed by atoms with E-state index in [1.165, 1.54) is 24.3 Å². The van der Waals surface area contributed by atoms with Crippen molar-refractivity contribution in [2.24, 2.45) is 4.99 Å². The number of ether oxygens (including phenoxy) is 1. The predicted molar refractivity (Wildman–Crippen MR) is 123 cm³/mol. The Hall–Kier alpha value is -3.29. The lowest BCUT2D eigenvalue weighted by atomic mass is 10.1. The van der Waals surface area contributed by atoms with Crippen LogP contribution in [0.2, 0.25) is 5.02 Å². The molecule has 0 saturated heterocycles. The summed E-state index contributed by atoms with van der Waals surface area (Å²) in [5.41, 5.74) is 3.92. The van der Waals surface area contributed by atoms with Crippen LogP contribution >= 0.6 is 22.9 Å². The Morgan fingerprint density at radius 3 is 2.52 bits per heavy atom. The molecule has 1 aromatic heterocycles. The first kappa shape index (κ1) is 21.0. The number of amides is 1. The zero-order chi connectivity index (χ0) is 22.1. The molecule has 31 heavy (non-hydrogen) atoms. The number of aliphatic imine (C=N–C) groups is 1. The van der Waals surface area contributed by atoms with Crippen LogP contribution in [0.1, 0.15) is 29.3 Å². The third-order valence-electron chi connectivity index (χ3n) is 4.69. The number of nitrogens with zero attached hydrogens (tertiary/aromatic N) is 3. The summed E-state index contributed by atoms with van der Waals surface area (Å²) < 4.78 is 5.28. The number of carbonyl (C=O) groups excluding carboxylic acids is 2. The molecule has 6 nitrogen and oxygen atoms in total. The molecule has 0 bridgehead atoms. The number of hydrogen-bond donors (Lipinski definition) is 0. The van der Waals surface area contributed by atoms with Crippen molar-refractivity contribution in [3.63, 3.8) is 0 Å². The maximum atomic E-state index is 12.5. The van der Waals surface area contributed by atoms with E-state index in [-0.39, 0.29) is 17.5 Å². The average Bonchev–Trinajstić information content (AvgIpc) is 3.32. The van der Waals surface area contributed by atoms with Crippen molar-refractivity contribution in [3.05, 3.63) is 80.9 Å². The number of rotatable bonds is 4. The normalized spacial score (nSPS) is 14.5. The molecular weight excluding hydrogens is 434 g/mol. The van der Waals surface area contributed by atoms with Crippen molar-refractivity contribution in [1.82, 2.24) is 4.98 Å². The van der Waals surface area contributed by atoms with Gasteiger partial charge >= 0.3 is 5.97 Å². The molecule has 0 unspecified atom stereocenters. The van der Waals surface area contributed by atoms with Gasteiger partial charge in [-0.15, -0.1) is 11.3 Å². The van der Waals surface area contributed by atoms with E-state index in [9.17, 15) is 9.59 Å². The quantitative estimate of drug-likeness (QED) is 0.391. The Morgan fingerprint density at radius 1 is 1.13 bits per heavy atom. The summed E-state index contributed by atoms with van der Waals surface area (Å²) in [6.07, 6.45) is 1.54. The van der Waals surface area contributed by atoms with Crippen LogP contribution in [0.15, 0.2) is 58.5 Å². The minimum Gasteiger partial charge on any atom is -0.402 e. The number of thiazole rings is 1. The molecule has 1 aliphatic heterocycles. The molecule has 0 fully saturated rings. The minimum atomic E-state index is -0.581. The summed E-state index contributed by atoms with van der Waals surface area (Å²) in [6.45, 7) is 5.41. The lowest BCUT2D eigenvalue weighted by Gasteiger charge is -2.22. The first-order valence-corrected chi connectivity index (χ1v) is 10.7. The van der Waals surface area contributed by atoms with Gasteiger partial charge in [-0.25, -0.2) is 14.8 Å². The van der Waals surface area contributed by atoms with E-state index in [0.29, 0.717) is 21.4 Å². The molecule has 0 N–H and O–H groups in total. The van der Waals surface area contributed by atoms with E-state index in [0.717, 1.165) is 16.8 Å². The first-order valence-electron chi connectivity index (χ1n) is 9.45. The van der Waals surface area contributed by atoms with Gasteiger partial charge in [0.1, 0.15) is 0 Å². The number of aromatic nitrogens is 1. The predicted octanol–water partition coefficient (Wildman–Crippen LogP) is 5.44. The smallest absolute Gasteiger partial charge is 0.363 e. The Morgan fingerprint density at radius 2 is 1.84 bits per heavy atom. The molecule has 8 heteroatoms. The van der Waals surface area contributed by atoms with Crippen molar-refractivity contribution in [2.45, 2.75) is 20.8 Å². The molecule has 1 amide bonds. The van der Waals surface area contributed by atoms with Gasteiger partial charge in [0.25, 0.3) is 0 Å². The fourth-order valence-corrected chi connectivity index (χ4v) is 4.34. The molecule has 1 aliphatic rings. The molecule has 2 aromatic carbocycles. The lowest BCUT2D eigenvalue weighted by molar-refractivity contribution is -0.130. The van der Waals surface area contributed by atoms with Gasteiger partial charge in [-0.05, 0) is 43.2 Å². The number of hydrogen-bond acceptors (Lipinski definition) is 6. The van der Waals surface area contributed by atoms with E-state index in [2.05, 4.69) is 9.98 Å². The van der Waals surface area contributed by atoms with E-state index in [1.54, 1.807) is 34.5 Å². The summed E-state index contributed by atoms with van der Waals surface area (Å²) >= 11 is 7.48. The molecular formula is C23H18ClN3O3S. The number of halogens is 1. The number of aryl methyl sites for hydroxylation is 2. The first-order chi connectivity index (χ1) is 14.8. The molecule has 0 atom stereocenters. The van der Waals surface area contributed by atoms with Crippen LogP contribution < -0.4 is 4.90 Å². The molecule has 4 rings (SSSR count). The van der Waals surface area contributed by atoms with Crippen molar-refractivity contribution >= 4 is 57.6 Å². The number of anilines is 2. The number of carbonyl (C=O) groups is 2. The third-order valence-corrected chi connectivity index (χ3v) is 5.86. The molecule has 0 saturated carbocycles. The van der Waals surface area contributed by atoms with Crippen molar-refractivity contribution in [2.75, 3.05) is 4.90 Å². The summed E-state index contributed by atoms with van der Waals surface area (Å²) in [6, 6.07) is 12.9. The molecule has 2 heterocycles. The van der Waals surface area contributed by atoms with Crippen LogP contribution in [0.25, 0.3) is 6.08 Å². The third kappa shape index (κ3) is 4.15. The average molecular weight is 452 g/mol. The minimum absolute atomic E-state index is 0.119. The van der Waals surface area contributed by atoms with Gasteiger partial charge in [0.05, 0.1) is 22.0 Å². The van der Waals surface area contributed by atoms with Gasteiger partial charge in [0.15, 0.2) is 10.8 Å². The van der Waals surface area contributed by atoms with Gasteiger partial charge in [0.2, 0.25) is 11.8 Å². The topological polar surface area (TPSA) is 71.9 Å². The summed E-state index contributed by atoms with van der Waals surface area (Å²) in [5.74, 6) is -0.578. The molecule has 0 spiro atoms. The Balaban J connectivity index is 1.68. The molecule has 0 aliphatic carbocycles. The van der Waals surface area contributed by atoms with Crippen LogP contribution in [-0.4, -0.2) is 22.8 Å². The highest BCUT2D eigenvalue weighted by molar-refractivity contribution is 7.14. The maximum absolute atomic E-state index is 12.5. The summed E-state index contributed by atoms with van der Waals surface area (Å²) in [4.78, 5) is 35.2. The van der Waals surface area contributed by atoms with Crippen LogP contribution in [-0.2, 0) is 14.3 Å². The largest absolute Gasteiger partial charge is 0.402 e. The van der Waals surface area contributed by atoms with Gasteiger partial charge in [-0.3, -0.25) is 9.69 Å². The Kier molecular flexibility index (Phi) is 5.71. The summed E-state index contributed by atoms with van der Waals surface area (Å²) in [7, 11) is 0. The fraction of sp³-hybridized carbons (Fsp3) is 0.130. The van der Waals surface area contributed by atoms with Crippen molar-refractivity contribution in [1.29, 1.82) is 0 Å². The Labute approximate surface area is 188 Å². The van der Waals surface area contributed by atoms with Gasteiger partial charge in [0, 0.05) is 12.3 Å². The summed E-state index contributed by atoms with van der Waals surface area (Å²) in [5, 5.41) is 2.72. The number of esters is 1. The maximum Gasteiger partial charge on any atom is 0.363 e. The highest BCUT2D eigenvalue weighted by atomic mass is 35.5. The van der Waals surface area contributed by atoms with Crippen LogP contribution in [0.5, 0.6) is 0 Å². The SMILES string of the molecule is CC(=O)N(c1nc(C=C2N=C(c3ccccc3Cl)OC2=O)cs1)c1c(C)cccc1C. The number of para-hydroxylation sites is 1. The fourth-order valence-electron chi connectivity index (χ4n) is 3.29.